The summed E-state index contributed by atoms with van der Waals surface area (Å²) in [6, 6.07) is 0. The quantitative estimate of drug-likeness (QED) is 0.490. The van der Waals surface area contributed by atoms with Crippen LogP contribution in [0.25, 0.3) is 0 Å². The van der Waals surface area contributed by atoms with Crippen LogP contribution in [0.3, 0.4) is 0 Å². The lowest BCUT2D eigenvalue weighted by Gasteiger charge is -2.33. The molecule has 1 saturated heterocycles. The predicted octanol–water partition coefficient (Wildman–Crippen LogP) is 4.28. The van der Waals surface area contributed by atoms with Gasteiger partial charge in [0, 0.05) is 26.2 Å². The maximum atomic E-state index is 6.47. The number of nitrogens with zero attached hydrogens (tertiary/aromatic N) is 2. The molecule has 1 aliphatic heterocycles. The van der Waals surface area contributed by atoms with Gasteiger partial charge in [-0.2, -0.15) is 0 Å². The SMILES string of the molecule is CCCCN1CCN(CCCC)P1O[Si](C)(C)C. The van der Waals surface area contributed by atoms with Gasteiger partial charge in [-0.25, -0.2) is 9.34 Å². The summed E-state index contributed by atoms with van der Waals surface area (Å²) >= 11 is 0. The van der Waals surface area contributed by atoms with Gasteiger partial charge in [-0.3, -0.25) is 0 Å². The molecule has 0 N–H and O–H groups in total. The molecule has 0 aromatic carbocycles. The lowest BCUT2D eigenvalue weighted by molar-refractivity contribution is 0.430. The summed E-state index contributed by atoms with van der Waals surface area (Å²) in [7, 11) is -1.89. The van der Waals surface area contributed by atoms with Crippen molar-refractivity contribution in [1.29, 1.82) is 0 Å². The lowest BCUT2D eigenvalue weighted by Crippen LogP contribution is -2.29. The molecular weight excluding hydrogens is 259 g/mol. The third-order valence-electron chi connectivity index (χ3n) is 3.00. The topological polar surface area (TPSA) is 15.7 Å². The number of rotatable bonds is 8. The van der Waals surface area contributed by atoms with Gasteiger partial charge in [-0.1, -0.05) is 26.7 Å². The molecule has 0 aliphatic carbocycles. The Morgan fingerprint density at radius 3 is 1.72 bits per heavy atom. The molecule has 0 spiro atoms. The van der Waals surface area contributed by atoms with Crippen molar-refractivity contribution in [2.75, 3.05) is 26.2 Å². The zero-order valence-electron chi connectivity index (χ0n) is 12.9. The van der Waals surface area contributed by atoms with E-state index in [4.69, 9.17) is 4.21 Å². The molecule has 18 heavy (non-hydrogen) atoms. The van der Waals surface area contributed by atoms with E-state index in [9.17, 15) is 0 Å². The van der Waals surface area contributed by atoms with Gasteiger partial charge in [0.1, 0.15) is 0 Å². The van der Waals surface area contributed by atoms with Gasteiger partial charge in [-0.15, -0.1) is 0 Å². The standard InChI is InChI=1S/C13H31N2OPSi/c1-6-8-10-14-12-13-15(11-9-7-2)17(14)16-18(3,4)5/h6-13H2,1-5H3. The average Bonchev–Trinajstić information content (AvgIpc) is 2.64. The molecule has 108 valence electrons. The van der Waals surface area contributed by atoms with Gasteiger partial charge < -0.3 is 4.21 Å². The van der Waals surface area contributed by atoms with Crippen molar-refractivity contribution in [1.82, 2.24) is 9.34 Å². The fourth-order valence-electron chi connectivity index (χ4n) is 2.02. The van der Waals surface area contributed by atoms with E-state index in [-0.39, 0.29) is 0 Å². The van der Waals surface area contributed by atoms with Crippen LogP contribution in [0.4, 0.5) is 0 Å². The Labute approximate surface area is 116 Å². The summed E-state index contributed by atoms with van der Waals surface area (Å²) in [5.41, 5.74) is 0. The monoisotopic (exact) mass is 290 g/mol. The van der Waals surface area contributed by atoms with Crippen LogP contribution in [-0.2, 0) is 4.21 Å². The molecule has 0 bridgehead atoms. The maximum absolute atomic E-state index is 6.47. The fourth-order valence-corrected chi connectivity index (χ4v) is 6.40. The third kappa shape index (κ3) is 5.66. The van der Waals surface area contributed by atoms with Crippen LogP contribution in [0.2, 0.25) is 19.6 Å². The van der Waals surface area contributed by atoms with Crippen molar-refractivity contribution >= 4 is 16.8 Å². The first-order chi connectivity index (χ1) is 8.48. The number of hydrogen-bond acceptors (Lipinski definition) is 3. The van der Waals surface area contributed by atoms with Gasteiger partial charge in [0.15, 0.2) is 16.8 Å². The van der Waals surface area contributed by atoms with Crippen LogP contribution in [0, 0.1) is 0 Å². The van der Waals surface area contributed by atoms with E-state index >= 15 is 0 Å². The Bertz CT molecular complexity index is 220. The molecule has 0 radical (unpaired) electrons. The van der Waals surface area contributed by atoms with Crippen molar-refractivity contribution in [3.8, 4) is 0 Å². The van der Waals surface area contributed by atoms with Gasteiger partial charge in [0.25, 0.3) is 0 Å². The summed E-state index contributed by atoms with van der Waals surface area (Å²) in [4.78, 5) is 0. The highest BCUT2D eigenvalue weighted by Gasteiger charge is 2.36. The Hall–Kier alpha value is 0.527. The van der Waals surface area contributed by atoms with Crippen LogP contribution in [0.15, 0.2) is 0 Å². The van der Waals surface area contributed by atoms with E-state index in [0.29, 0.717) is 0 Å². The molecule has 0 aromatic rings. The molecule has 0 amide bonds. The van der Waals surface area contributed by atoms with Crippen molar-refractivity contribution in [3.05, 3.63) is 0 Å². The number of unbranched alkanes of at least 4 members (excludes halogenated alkanes) is 2. The highest BCUT2D eigenvalue weighted by molar-refractivity contribution is 7.49. The first kappa shape index (κ1) is 16.6. The fraction of sp³-hybridized carbons (Fsp3) is 1.00. The minimum absolute atomic E-state index is 0.455. The Morgan fingerprint density at radius 2 is 1.39 bits per heavy atom. The Balaban J connectivity index is 2.57. The molecule has 5 heteroatoms. The highest BCUT2D eigenvalue weighted by Crippen LogP contribution is 2.51. The maximum Gasteiger partial charge on any atom is 0.191 e. The second-order valence-electron chi connectivity index (χ2n) is 6.07. The molecule has 3 nitrogen and oxygen atoms in total. The van der Waals surface area contributed by atoms with Crippen molar-refractivity contribution in [2.24, 2.45) is 0 Å². The van der Waals surface area contributed by atoms with Crippen LogP contribution < -0.4 is 0 Å². The van der Waals surface area contributed by atoms with Crippen molar-refractivity contribution in [3.63, 3.8) is 0 Å². The average molecular weight is 290 g/mol. The first-order valence-electron chi connectivity index (χ1n) is 7.47. The summed E-state index contributed by atoms with van der Waals surface area (Å²) in [6.07, 6.45) is 5.16. The minimum atomic E-state index is -1.44. The van der Waals surface area contributed by atoms with Crippen LogP contribution in [0.5, 0.6) is 0 Å². The molecule has 1 rings (SSSR count). The molecule has 1 fully saturated rings. The predicted molar refractivity (Wildman–Crippen MR) is 84.3 cm³/mol. The second-order valence-corrected chi connectivity index (χ2v) is 12.7. The second kappa shape index (κ2) is 7.96. The highest BCUT2D eigenvalue weighted by atomic mass is 31.2. The Kier molecular flexibility index (Phi) is 7.33. The normalized spacial score (nSPS) is 19.8. The van der Waals surface area contributed by atoms with Gasteiger partial charge in [-0.05, 0) is 32.5 Å². The minimum Gasteiger partial charge on any atom is -0.373 e. The lowest BCUT2D eigenvalue weighted by atomic mass is 10.3. The van der Waals surface area contributed by atoms with E-state index in [1.807, 2.05) is 0 Å². The molecule has 0 unspecified atom stereocenters. The van der Waals surface area contributed by atoms with Crippen LogP contribution >= 0.6 is 8.45 Å². The number of hydrogen-bond donors (Lipinski definition) is 0. The van der Waals surface area contributed by atoms with Crippen LogP contribution in [-0.4, -0.2) is 43.8 Å². The van der Waals surface area contributed by atoms with E-state index < -0.39 is 16.8 Å². The summed E-state index contributed by atoms with van der Waals surface area (Å²) < 4.78 is 11.7. The van der Waals surface area contributed by atoms with Crippen LogP contribution in [0.1, 0.15) is 39.5 Å². The van der Waals surface area contributed by atoms with Gasteiger partial charge in [0.2, 0.25) is 0 Å². The van der Waals surface area contributed by atoms with Crippen molar-refractivity contribution < 1.29 is 4.21 Å². The largest absolute Gasteiger partial charge is 0.373 e. The summed E-state index contributed by atoms with van der Waals surface area (Å²) in [5.74, 6) is 0. The molecule has 1 heterocycles. The summed E-state index contributed by atoms with van der Waals surface area (Å²) in [5, 5.41) is 0. The summed E-state index contributed by atoms with van der Waals surface area (Å²) in [6.45, 7) is 16.3. The van der Waals surface area contributed by atoms with Gasteiger partial charge >= 0.3 is 0 Å². The Morgan fingerprint density at radius 1 is 0.944 bits per heavy atom. The zero-order chi connectivity index (χ0) is 13.6. The van der Waals surface area contributed by atoms with Crippen molar-refractivity contribution in [2.45, 2.75) is 59.2 Å². The molecule has 0 saturated carbocycles. The van der Waals surface area contributed by atoms with E-state index in [1.165, 1.54) is 51.9 Å². The molecule has 0 aromatic heterocycles. The van der Waals surface area contributed by atoms with Gasteiger partial charge in [0.05, 0.1) is 0 Å². The van der Waals surface area contributed by atoms with E-state index in [2.05, 4.69) is 42.8 Å². The molecule has 1 aliphatic rings. The smallest absolute Gasteiger partial charge is 0.191 e. The molecular formula is C13H31N2OPSi. The first-order valence-corrected chi connectivity index (χ1v) is 12.0. The third-order valence-corrected chi connectivity index (χ3v) is 7.61. The molecule has 0 atom stereocenters. The van der Waals surface area contributed by atoms with E-state index in [1.54, 1.807) is 0 Å². The zero-order valence-corrected chi connectivity index (χ0v) is 14.8. The van der Waals surface area contributed by atoms with E-state index in [0.717, 1.165) is 0 Å².